The zero-order chi connectivity index (χ0) is 32.9. The summed E-state index contributed by atoms with van der Waals surface area (Å²) < 4.78 is 0. The number of rotatable bonds is 3. The van der Waals surface area contributed by atoms with Crippen LogP contribution in [0.15, 0.2) is 90.7 Å². The summed E-state index contributed by atoms with van der Waals surface area (Å²) in [6, 6.07) is 31.9. The van der Waals surface area contributed by atoms with E-state index in [-0.39, 0.29) is 42.5 Å². The van der Waals surface area contributed by atoms with E-state index in [2.05, 4.69) is 107 Å². The molecule has 4 aromatic carbocycles. The fraction of sp³-hybridized carbons (Fsp3) is 0.333. The third kappa shape index (κ3) is 6.61. The van der Waals surface area contributed by atoms with E-state index in [1.807, 2.05) is 47.6 Å². The molecule has 1 radical (unpaired) electrons. The van der Waals surface area contributed by atoms with Gasteiger partial charge in [0.05, 0.1) is 5.52 Å². The molecule has 5 aromatic rings. The van der Waals surface area contributed by atoms with Crippen molar-refractivity contribution in [2.75, 3.05) is 0 Å². The second-order valence-electron chi connectivity index (χ2n) is 15.1. The zero-order valence-electron chi connectivity index (χ0n) is 28.8. The van der Waals surface area contributed by atoms with E-state index >= 15 is 0 Å². The summed E-state index contributed by atoms with van der Waals surface area (Å²) in [7, 11) is 0. The van der Waals surface area contributed by atoms with Crippen LogP contribution in [0, 0.1) is 16.9 Å². The van der Waals surface area contributed by atoms with Crippen molar-refractivity contribution >= 4 is 27.5 Å². The van der Waals surface area contributed by atoms with Crippen molar-refractivity contribution in [3.05, 3.63) is 113 Å². The van der Waals surface area contributed by atoms with Crippen molar-refractivity contribution in [3.8, 4) is 22.4 Å². The Morgan fingerprint density at radius 3 is 2.17 bits per heavy atom. The summed E-state index contributed by atoms with van der Waals surface area (Å²) >= 11 is 0. The largest absolute Gasteiger partial charge is 0.512 e. The van der Waals surface area contributed by atoms with Gasteiger partial charge >= 0.3 is 0 Å². The van der Waals surface area contributed by atoms with Crippen LogP contribution in [0.4, 0.5) is 0 Å². The van der Waals surface area contributed by atoms with Gasteiger partial charge < -0.3 is 5.11 Å². The normalized spacial score (nSPS) is 13.9. The predicted octanol–water partition coefficient (Wildman–Crippen LogP) is 11.4. The number of nitrogens with zero attached hydrogens (tertiary/aromatic N) is 1. The predicted molar refractivity (Wildman–Crippen MR) is 190 cm³/mol. The van der Waals surface area contributed by atoms with Crippen molar-refractivity contribution in [1.82, 2.24) is 4.98 Å². The first-order chi connectivity index (χ1) is 21.0. The van der Waals surface area contributed by atoms with Gasteiger partial charge in [0, 0.05) is 47.8 Å². The third-order valence-electron chi connectivity index (χ3n) is 8.90. The second kappa shape index (κ2) is 12.9. The maximum atomic E-state index is 11.5. The SMILES string of the molecule is CC(C)(C)C(=O)/C=C(\O)C(C)(C)C.CC(C)c1ccc2nc(-c3[c-]ccc4ccccc34)c3c(c2c1)C(C)(C)c1ccccc1-3.[Ir]. The molecule has 1 aromatic heterocycles. The summed E-state index contributed by atoms with van der Waals surface area (Å²) in [6.45, 7) is 20.3. The fourth-order valence-corrected chi connectivity index (χ4v) is 6.03. The summed E-state index contributed by atoms with van der Waals surface area (Å²) in [6.07, 6.45) is 1.33. The molecule has 1 heterocycles. The minimum atomic E-state index is -0.417. The van der Waals surface area contributed by atoms with Gasteiger partial charge in [-0.2, -0.15) is 0 Å². The number of allylic oxidation sites excluding steroid dienone is 2. The minimum Gasteiger partial charge on any atom is -0.512 e. The maximum Gasteiger partial charge on any atom is 0.164 e. The van der Waals surface area contributed by atoms with Gasteiger partial charge in [-0.1, -0.05) is 129 Å². The van der Waals surface area contributed by atoms with Gasteiger partial charge in [-0.15, -0.1) is 29.1 Å². The summed E-state index contributed by atoms with van der Waals surface area (Å²) in [5.74, 6) is 0.584. The van der Waals surface area contributed by atoms with Gasteiger partial charge in [0.25, 0.3) is 0 Å². The van der Waals surface area contributed by atoms with Crippen molar-refractivity contribution in [2.45, 2.75) is 80.6 Å². The first kappa shape index (κ1) is 35.3. The molecule has 3 nitrogen and oxygen atoms in total. The van der Waals surface area contributed by atoms with E-state index < -0.39 is 5.41 Å². The Morgan fingerprint density at radius 2 is 1.52 bits per heavy atom. The molecule has 1 aliphatic carbocycles. The standard InChI is InChI=1S/C31H26N.C11H20O2.Ir/c1-19(2)21-16-17-27-25(18-21)29-28(24-13-7-8-15-26(24)31(29,3)4)30(32-27)23-14-9-11-20-10-5-6-12-22(20)23;1-10(2,3)8(12)7-9(13)11(4,5)6;/h5-13,15-19H,1-4H3;7,12H,1-6H3;/q-1;;/b;8-7-;. The van der Waals surface area contributed by atoms with Crippen LogP contribution in [0.3, 0.4) is 0 Å². The number of aromatic nitrogens is 1. The molecule has 0 atom stereocenters. The Labute approximate surface area is 288 Å². The number of aliphatic hydroxyl groups excluding tert-OH is 1. The zero-order valence-corrected chi connectivity index (χ0v) is 31.2. The molecule has 46 heavy (non-hydrogen) atoms. The number of ketones is 1. The quantitative estimate of drug-likeness (QED) is 0.113. The van der Waals surface area contributed by atoms with Gasteiger partial charge in [-0.05, 0) is 51.6 Å². The average molecular weight is 789 g/mol. The molecule has 6 rings (SSSR count). The van der Waals surface area contributed by atoms with Gasteiger partial charge in [0.1, 0.15) is 5.76 Å². The van der Waals surface area contributed by atoms with Crippen LogP contribution >= 0.6 is 0 Å². The van der Waals surface area contributed by atoms with Crippen LogP contribution < -0.4 is 0 Å². The topological polar surface area (TPSA) is 50.2 Å². The summed E-state index contributed by atoms with van der Waals surface area (Å²) in [4.78, 5) is 16.8. The average Bonchev–Trinajstić information content (AvgIpc) is 3.23. The number of pyridine rings is 1. The Kier molecular flexibility index (Phi) is 9.89. The van der Waals surface area contributed by atoms with Crippen molar-refractivity contribution in [2.24, 2.45) is 10.8 Å². The molecule has 1 N–H and O–H groups in total. The van der Waals surface area contributed by atoms with Crippen LogP contribution in [0.2, 0.25) is 0 Å². The van der Waals surface area contributed by atoms with Crippen LogP contribution in [0.5, 0.6) is 0 Å². The number of carbonyl (C=O) groups is 1. The maximum absolute atomic E-state index is 11.5. The molecule has 0 unspecified atom stereocenters. The number of hydrogen-bond donors (Lipinski definition) is 1. The number of benzene rings is 4. The van der Waals surface area contributed by atoms with Crippen LogP contribution in [0.25, 0.3) is 44.1 Å². The molecule has 0 amide bonds. The Bertz CT molecular complexity index is 1950. The number of hydrogen-bond acceptors (Lipinski definition) is 3. The first-order valence-corrected chi connectivity index (χ1v) is 15.9. The van der Waals surface area contributed by atoms with Crippen LogP contribution in [0.1, 0.15) is 91.8 Å². The molecule has 241 valence electrons. The molecule has 0 saturated carbocycles. The van der Waals surface area contributed by atoms with Gasteiger partial charge in [-0.25, -0.2) is 0 Å². The molecular formula is C42H46IrNO2-. The van der Waals surface area contributed by atoms with Crippen LogP contribution in [-0.2, 0) is 30.3 Å². The summed E-state index contributed by atoms with van der Waals surface area (Å²) in [5, 5.41) is 13.3. The minimum absolute atomic E-state index is 0. The Morgan fingerprint density at radius 1 is 0.870 bits per heavy atom. The van der Waals surface area contributed by atoms with Crippen molar-refractivity contribution in [1.29, 1.82) is 0 Å². The van der Waals surface area contributed by atoms with Gasteiger partial charge in [0.2, 0.25) is 0 Å². The molecule has 0 saturated heterocycles. The third-order valence-corrected chi connectivity index (χ3v) is 8.90. The molecule has 0 aliphatic heterocycles. The molecule has 0 bridgehead atoms. The molecule has 1 aliphatic rings. The van der Waals surface area contributed by atoms with Crippen molar-refractivity contribution in [3.63, 3.8) is 0 Å². The smallest absolute Gasteiger partial charge is 0.164 e. The van der Waals surface area contributed by atoms with E-state index in [0.717, 1.165) is 16.8 Å². The van der Waals surface area contributed by atoms with Gasteiger partial charge in [-0.3, -0.25) is 9.78 Å². The molecule has 0 fully saturated rings. The van der Waals surface area contributed by atoms with E-state index in [0.29, 0.717) is 5.92 Å². The fourth-order valence-electron chi connectivity index (χ4n) is 6.03. The van der Waals surface area contributed by atoms with Gasteiger partial charge in [0.15, 0.2) is 5.78 Å². The van der Waals surface area contributed by atoms with Crippen molar-refractivity contribution < 1.29 is 30.0 Å². The Hall–Kier alpha value is -3.59. The monoisotopic (exact) mass is 789 g/mol. The molecular weight excluding hydrogens is 743 g/mol. The number of fused-ring (bicyclic) bond motifs is 6. The van der Waals surface area contributed by atoms with E-state index in [1.54, 1.807) is 0 Å². The van der Waals surface area contributed by atoms with Crippen LogP contribution in [-0.4, -0.2) is 15.9 Å². The molecule has 4 heteroatoms. The Balaban J connectivity index is 0.000000295. The van der Waals surface area contributed by atoms with E-state index in [9.17, 15) is 9.90 Å². The summed E-state index contributed by atoms with van der Waals surface area (Å²) in [5.41, 5.74) is 9.02. The first-order valence-electron chi connectivity index (χ1n) is 15.9. The number of aliphatic hydroxyl groups is 1. The second-order valence-corrected chi connectivity index (χ2v) is 15.1. The number of carbonyl (C=O) groups excluding carboxylic acids is 1. The van der Waals surface area contributed by atoms with E-state index in [4.69, 9.17) is 4.98 Å². The van der Waals surface area contributed by atoms with E-state index in [1.165, 1.54) is 50.1 Å². The molecule has 0 spiro atoms.